The number of anilines is 1. The summed E-state index contributed by atoms with van der Waals surface area (Å²) >= 11 is 14.3. The molecule has 674 valence electrons. The zero-order valence-electron chi connectivity index (χ0n) is 67.7. The standard InChI is InChI=1S/C82H95Cl2F3N12O26/c1-34(2)23-48(89-5)72(110)96-63-65(105)38-8-15-52(46(83)25-38)120-54-27-40-28-55(69(54)124-79-70(68(108)67(107)56(33-100)122-79)123-58-32-81(4,71(109)35(3)119-58)90-20-17-36-18-21-99(22-19-36)80(117)91-41-10-12-43(13-11-41)125-82(85,86)87)121-53-16-9-39(26-47(53)84)66(106)64-77(115)95-62(78(116)98-118-6)45-29-42(101)30-51(103)59(45)44-24-37(7-14-50(44)102)60(74(112)97-64)94-75(113)61(40)93-73(111)49(31-57(88)104)92-76(63)114/h7-16,24-30,34-36,48-49,56,58,60-68,70-71,79,89-90,100-103,105-109H,17-23,31-33H2,1-6H3,(H2,88,104)(H,91,117)(H,92,114)(H,93,111)(H,94,113)(H,95,115)(H,96,110)(H,97,112)(H,98,116)/t35?,48?,49?,56?,58?,60?,61?,62-,63?,64?,65?,66?,67?,68?,70?,71?,79?,81-/m1/s1. The van der Waals surface area contributed by atoms with Crippen LogP contribution in [-0.4, -0.2) is 230 Å². The average Bonchev–Trinajstić information content (AvgIpc) is 0.763. The summed E-state index contributed by atoms with van der Waals surface area (Å²) in [5, 5.41) is 129. The van der Waals surface area contributed by atoms with Crippen LogP contribution in [0.5, 0.6) is 51.7 Å². The quantitative estimate of drug-likeness (QED) is 0.0486. The van der Waals surface area contributed by atoms with Gasteiger partial charge in [-0.15, -0.1) is 13.2 Å². The highest BCUT2D eigenvalue weighted by Crippen LogP contribution is 2.50. The minimum absolute atomic E-state index is 0.0500. The van der Waals surface area contributed by atoms with E-state index in [9.17, 15) is 78.3 Å². The molecule has 0 aromatic heterocycles. The average molecular weight is 1790 g/mol. The fraction of sp³-hybridized carbons (Fsp3) is 0.451. The molecule has 10 amide bonds. The van der Waals surface area contributed by atoms with Gasteiger partial charge in [-0.3, -0.25) is 43.2 Å². The van der Waals surface area contributed by atoms with Crippen LogP contribution in [0.4, 0.5) is 23.7 Å². The Hall–Kier alpha value is -11.2. The number of aliphatic hydroxyl groups excluding tert-OH is 6. The molecule has 43 heteroatoms. The first-order valence-corrected chi connectivity index (χ1v) is 40.4. The lowest BCUT2D eigenvalue weighted by atomic mass is 9.84. The number of nitrogens with zero attached hydrogens (tertiary/aromatic N) is 1. The summed E-state index contributed by atoms with van der Waals surface area (Å²) in [6.07, 6.45) is -22.4. The molecule has 6 aromatic carbocycles. The molecule has 11 bridgehead atoms. The van der Waals surface area contributed by atoms with Crippen molar-refractivity contribution in [3.8, 4) is 62.9 Å². The Labute approximate surface area is 721 Å². The predicted molar refractivity (Wildman–Crippen MR) is 432 cm³/mol. The highest BCUT2D eigenvalue weighted by atomic mass is 35.5. The number of carbonyl (C=O) groups excluding carboxylic acids is 9. The van der Waals surface area contributed by atoms with Gasteiger partial charge in [0.05, 0.1) is 48.4 Å². The van der Waals surface area contributed by atoms with E-state index in [1.54, 1.807) is 11.8 Å². The molecule has 21 N–H and O–H groups in total. The summed E-state index contributed by atoms with van der Waals surface area (Å²) in [5.74, 6) is -15.8. The normalized spacial score (nSPS) is 27.0. The zero-order chi connectivity index (χ0) is 90.5. The van der Waals surface area contributed by atoms with Crippen molar-refractivity contribution in [1.82, 2.24) is 52.9 Å². The van der Waals surface area contributed by atoms with Crippen molar-refractivity contribution in [3.63, 3.8) is 0 Å². The van der Waals surface area contributed by atoms with Gasteiger partial charge in [-0.25, -0.2) is 10.3 Å². The molecule has 8 aliphatic rings. The fourth-order valence-corrected chi connectivity index (χ4v) is 16.2. The molecule has 3 saturated heterocycles. The number of primary amides is 1. The van der Waals surface area contributed by atoms with E-state index in [-0.39, 0.29) is 64.4 Å². The van der Waals surface area contributed by atoms with Gasteiger partial charge in [-0.1, -0.05) is 55.2 Å². The van der Waals surface area contributed by atoms with Crippen molar-refractivity contribution in [1.29, 1.82) is 0 Å². The first kappa shape index (κ1) is 93.0. The molecule has 14 rings (SSSR count). The first-order valence-electron chi connectivity index (χ1n) is 39.7. The van der Waals surface area contributed by atoms with Crippen molar-refractivity contribution in [2.75, 3.05) is 45.7 Å². The highest BCUT2D eigenvalue weighted by molar-refractivity contribution is 6.32. The van der Waals surface area contributed by atoms with Crippen molar-refractivity contribution >= 4 is 82.2 Å². The molecule has 18 atom stereocenters. The van der Waals surface area contributed by atoms with E-state index in [1.165, 1.54) is 38.2 Å². The lowest BCUT2D eigenvalue weighted by Crippen LogP contribution is -2.65. The van der Waals surface area contributed by atoms with E-state index >= 15 is 24.0 Å². The molecule has 0 aliphatic carbocycles. The number of amides is 10. The molecule has 6 aromatic rings. The summed E-state index contributed by atoms with van der Waals surface area (Å²) in [6.45, 7) is 6.75. The SMILES string of the molecule is CNC(CC(C)C)C(=O)NC1C(=O)NC(CC(N)=O)C(=O)NC2C(=O)NC3C(=O)NC(C(=O)N[C@@H](C(=O)NOC)c4cc(O)cc(O)c4-c4cc3ccc4O)C(O)c3ccc(c(Cl)c3)Oc3cc2cc(c3OC2OC(CO)C(O)C(O)C2OC2C[C@@](C)(NCCC3CCN(C(=O)Nc4ccc(OC(F)(F)F)cc4)CC3)C(O)C(C)O2)Oc2ccc(cc2Cl)C1O. The third-order valence-corrected chi connectivity index (χ3v) is 22.9. The Kier molecular flexibility index (Phi) is 29.1. The minimum Gasteiger partial charge on any atom is -0.508 e. The number of ether oxygens (including phenoxy) is 7. The lowest BCUT2D eigenvalue weighted by Gasteiger charge is -2.48. The van der Waals surface area contributed by atoms with Gasteiger partial charge in [0.15, 0.2) is 23.9 Å². The maximum absolute atomic E-state index is 16.3. The Morgan fingerprint density at radius 1 is 0.720 bits per heavy atom. The van der Waals surface area contributed by atoms with Crippen LogP contribution in [0, 0.1) is 11.8 Å². The number of carbonyl (C=O) groups is 9. The Bertz CT molecular complexity index is 5040. The second-order valence-corrected chi connectivity index (χ2v) is 32.4. The molecule has 0 radical (unpaired) electrons. The van der Waals surface area contributed by atoms with Gasteiger partial charge < -0.3 is 138 Å². The Morgan fingerprint density at radius 2 is 1.34 bits per heavy atom. The van der Waals surface area contributed by atoms with Crippen molar-refractivity contribution in [2.45, 2.75) is 182 Å². The number of likely N-dealkylation sites (tertiary alicyclic amines) is 1. The van der Waals surface area contributed by atoms with Crippen LogP contribution in [0.1, 0.15) is 124 Å². The van der Waals surface area contributed by atoms with Crippen LogP contribution in [0.2, 0.25) is 10.0 Å². The molecular formula is C82H95Cl2F3N12O26. The van der Waals surface area contributed by atoms with Crippen LogP contribution in [0.3, 0.4) is 0 Å². The van der Waals surface area contributed by atoms with E-state index in [2.05, 4.69) is 58.1 Å². The van der Waals surface area contributed by atoms with Gasteiger partial charge in [-0.05, 0) is 172 Å². The number of benzene rings is 6. The van der Waals surface area contributed by atoms with Gasteiger partial charge in [0.1, 0.15) is 101 Å². The van der Waals surface area contributed by atoms with Crippen LogP contribution in [0.25, 0.3) is 11.1 Å². The van der Waals surface area contributed by atoms with Gasteiger partial charge in [0.2, 0.25) is 53.4 Å². The van der Waals surface area contributed by atoms with E-state index in [0.717, 1.165) is 86.0 Å². The molecular weight excluding hydrogens is 1700 g/mol. The van der Waals surface area contributed by atoms with Crippen LogP contribution in [-0.2, 0) is 57.4 Å². The highest BCUT2D eigenvalue weighted by Gasteiger charge is 2.53. The summed E-state index contributed by atoms with van der Waals surface area (Å²) in [7, 11) is 2.50. The zero-order valence-corrected chi connectivity index (χ0v) is 69.2. The molecule has 0 spiro atoms. The number of urea groups is 1. The third kappa shape index (κ3) is 21.5. The second kappa shape index (κ2) is 39.2. The minimum atomic E-state index is -4.91. The topological polar surface area (TPSA) is 559 Å². The number of aromatic hydroxyl groups is 3. The number of rotatable bonds is 20. The first-order chi connectivity index (χ1) is 59.2. The Balaban J connectivity index is 0.970. The maximum Gasteiger partial charge on any atom is 0.573 e. The number of phenols is 3. The number of piperidine rings is 1. The summed E-state index contributed by atoms with van der Waals surface area (Å²) in [4.78, 5) is 139. The lowest BCUT2D eigenvalue weighted by molar-refractivity contribution is -0.334. The summed E-state index contributed by atoms with van der Waals surface area (Å²) in [5.41, 5.74) is 4.16. The maximum atomic E-state index is 16.3. The van der Waals surface area contributed by atoms with Crippen LogP contribution >= 0.6 is 23.2 Å². The van der Waals surface area contributed by atoms with Gasteiger partial charge >= 0.3 is 12.4 Å². The number of nitrogens with one attached hydrogen (secondary N) is 10. The molecule has 8 aliphatic heterocycles. The largest absolute Gasteiger partial charge is 0.573 e. The van der Waals surface area contributed by atoms with E-state index in [1.807, 2.05) is 13.8 Å². The van der Waals surface area contributed by atoms with E-state index in [4.69, 9.17) is 62.2 Å². The number of hydroxylamine groups is 1. The molecule has 0 saturated carbocycles. The smallest absolute Gasteiger partial charge is 0.508 e. The molecule has 125 heavy (non-hydrogen) atoms. The van der Waals surface area contributed by atoms with Crippen molar-refractivity contribution in [2.24, 2.45) is 17.6 Å². The summed E-state index contributed by atoms with van der Waals surface area (Å²) < 4.78 is 81.8. The van der Waals surface area contributed by atoms with E-state index < -0.39 is 255 Å². The molecule has 8 heterocycles. The number of hydrogen-bond acceptors (Lipinski definition) is 28. The molecule has 16 unspecified atom stereocenters. The number of fused-ring (bicyclic) bond motifs is 15. The third-order valence-electron chi connectivity index (χ3n) is 22.3. The predicted octanol–water partition coefficient (Wildman–Crippen LogP) is 3.56. The van der Waals surface area contributed by atoms with Gasteiger partial charge in [-0.2, -0.15) is 0 Å². The van der Waals surface area contributed by atoms with E-state index in [0.29, 0.717) is 32.4 Å². The van der Waals surface area contributed by atoms with Gasteiger partial charge in [0.25, 0.3) is 5.91 Å². The number of likely N-dealkylation sites (N-methyl/N-ethyl adjacent to an activating group) is 1. The number of nitrogens with two attached hydrogens (primary N) is 1. The molecule has 3 fully saturated rings. The second-order valence-electron chi connectivity index (χ2n) is 31.6. The van der Waals surface area contributed by atoms with Crippen molar-refractivity contribution in [3.05, 3.63) is 141 Å². The number of hydrogen-bond donors (Lipinski definition) is 20. The van der Waals surface area contributed by atoms with Crippen LogP contribution in [0.15, 0.2) is 103 Å². The number of alkyl halides is 3. The number of phenolic OH excluding ortho intramolecular Hbond substituents is 3. The number of halogens is 5. The fourth-order valence-electron chi connectivity index (χ4n) is 15.7. The van der Waals surface area contributed by atoms with Gasteiger partial charge in [0, 0.05) is 47.9 Å². The Morgan fingerprint density at radius 3 is 1.95 bits per heavy atom. The van der Waals surface area contributed by atoms with Crippen LogP contribution < -0.4 is 78.0 Å². The monoisotopic (exact) mass is 1790 g/mol. The summed E-state index contributed by atoms with van der Waals surface area (Å²) in [6, 6.07) is 3.80. The number of aliphatic hydroxyl groups is 6. The molecule has 38 nitrogen and oxygen atoms in total. The van der Waals surface area contributed by atoms with Crippen molar-refractivity contribution < 1.29 is 140 Å².